The summed E-state index contributed by atoms with van der Waals surface area (Å²) in [5, 5.41) is 0.635. The molecule has 3 aliphatic heterocycles. The average molecular weight is 572 g/mol. The van der Waals surface area contributed by atoms with Gasteiger partial charge in [0.1, 0.15) is 16.8 Å². The molecule has 3 aromatic rings. The quantitative estimate of drug-likeness (QED) is 0.246. The van der Waals surface area contributed by atoms with Crippen LogP contribution in [0, 0.1) is 5.82 Å². The van der Waals surface area contributed by atoms with E-state index in [0.29, 0.717) is 29.7 Å². The number of carbonyl (C=O) groups excluding carboxylic acids is 1. The van der Waals surface area contributed by atoms with Crippen molar-refractivity contribution in [3.05, 3.63) is 87.8 Å². The van der Waals surface area contributed by atoms with Crippen LogP contribution in [0.1, 0.15) is 47.5 Å². The molecule has 0 radical (unpaired) electrons. The van der Waals surface area contributed by atoms with Crippen molar-refractivity contribution >= 4 is 46.9 Å². The van der Waals surface area contributed by atoms with Crippen molar-refractivity contribution in [2.45, 2.75) is 48.6 Å². The summed E-state index contributed by atoms with van der Waals surface area (Å²) in [6.45, 7) is 3.20. The van der Waals surface area contributed by atoms with Gasteiger partial charge in [-0.1, -0.05) is 53.5 Å². The number of pyridine rings is 1. The smallest absolute Gasteiger partial charge is 0.255 e. The van der Waals surface area contributed by atoms with Crippen LogP contribution in [0.2, 0.25) is 10.2 Å². The van der Waals surface area contributed by atoms with Crippen LogP contribution in [-0.4, -0.2) is 58.4 Å². The number of nitrogens with zero attached hydrogens (tertiary/aromatic N) is 4. The van der Waals surface area contributed by atoms with Crippen molar-refractivity contribution < 1.29 is 9.18 Å². The second kappa shape index (κ2) is 11.0. The van der Waals surface area contributed by atoms with Gasteiger partial charge in [0.25, 0.3) is 5.91 Å². The second-order valence-electron chi connectivity index (χ2n) is 10.3. The highest BCUT2D eigenvalue weighted by atomic mass is 35.5. The summed E-state index contributed by atoms with van der Waals surface area (Å²) in [7, 11) is 0. The molecule has 0 N–H and O–H groups in total. The van der Waals surface area contributed by atoms with Crippen molar-refractivity contribution in [1.29, 1.82) is 0 Å². The maximum absolute atomic E-state index is 13.5. The lowest BCUT2D eigenvalue weighted by molar-refractivity contribution is 0.0717. The summed E-state index contributed by atoms with van der Waals surface area (Å²) in [4.78, 5) is 23.2. The molecule has 0 saturated carbocycles. The maximum atomic E-state index is 13.5. The van der Waals surface area contributed by atoms with E-state index in [-0.39, 0.29) is 23.0 Å². The van der Waals surface area contributed by atoms with Crippen molar-refractivity contribution in [2.75, 3.05) is 31.1 Å². The van der Waals surface area contributed by atoms with Gasteiger partial charge in [0.15, 0.2) is 0 Å². The fourth-order valence-corrected chi connectivity index (χ4v) is 7.61. The summed E-state index contributed by atoms with van der Waals surface area (Å²) in [6.07, 6.45) is 4.24. The SMILES string of the molecule is O=C(c1ccc(F)cc1Cl)N1CC2CCC(C1)N2c1cc(SN2CCC(c3ccccc3)CC2)cc(Cl)n1. The molecule has 3 saturated heterocycles. The van der Waals surface area contributed by atoms with Crippen LogP contribution in [0.15, 0.2) is 65.6 Å². The molecule has 2 bridgehead atoms. The van der Waals surface area contributed by atoms with Gasteiger partial charge in [-0.2, -0.15) is 0 Å². The molecule has 5 nitrogen and oxygen atoms in total. The van der Waals surface area contributed by atoms with Crippen molar-refractivity contribution in [2.24, 2.45) is 0 Å². The first-order chi connectivity index (χ1) is 18.4. The normalized spacial score (nSPS) is 22.2. The number of amides is 1. The highest BCUT2D eigenvalue weighted by molar-refractivity contribution is 7.97. The Bertz CT molecular complexity index is 1310. The van der Waals surface area contributed by atoms with Gasteiger partial charge >= 0.3 is 0 Å². The Hall–Kier alpha value is -2.32. The summed E-state index contributed by atoms with van der Waals surface area (Å²) in [5.41, 5.74) is 1.78. The topological polar surface area (TPSA) is 39.7 Å². The van der Waals surface area contributed by atoms with Crippen LogP contribution in [0.3, 0.4) is 0 Å². The molecule has 9 heteroatoms. The first-order valence-electron chi connectivity index (χ1n) is 13.1. The van der Waals surface area contributed by atoms with Crippen molar-refractivity contribution in [1.82, 2.24) is 14.2 Å². The van der Waals surface area contributed by atoms with E-state index in [1.165, 1.54) is 23.8 Å². The largest absolute Gasteiger partial charge is 0.347 e. The number of rotatable bonds is 5. The molecule has 198 valence electrons. The molecule has 38 heavy (non-hydrogen) atoms. The Labute approximate surface area is 237 Å². The summed E-state index contributed by atoms with van der Waals surface area (Å²) in [6, 6.07) is 19.1. The van der Waals surface area contributed by atoms with Crippen LogP contribution in [-0.2, 0) is 0 Å². The molecule has 2 aromatic carbocycles. The molecule has 2 atom stereocenters. The van der Waals surface area contributed by atoms with Gasteiger partial charge in [-0.05, 0) is 79.4 Å². The molecule has 1 aromatic heterocycles. The maximum Gasteiger partial charge on any atom is 0.255 e. The number of carbonyl (C=O) groups is 1. The molecule has 3 fully saturated rings. The summed E-state index contributed by atoms with van der Waals surface area (Å²) in [5.74, 6) is 0.890. The molecular weight excluding hydrogens is 542 g/mol. The minimum Gasteiger partial charge on any atom is -0.347 e. The van der Waals surface area contributed by atoms with E-state index in [4.69, 9.17) is 23.2 Å². The molecule has 0 aliphatic carbocycles. The number of anilines is 1. The van der Waals surface area contributed by atoms with E-state index in [1.807, 2.05) is 11.0 Å². The van der Waals surface area contributed by atoms with Gasteiger partial charge in [-0.15, -0.1) is 0 Å². The predicted molar refractivity (Wildman–Crippen MR) is 152 cm³/mol. The molecular formula is C29H29Cl2FN4OS. The van der Waals surface area contributed by atoms with Gasteiger partial charge in [0.05, 0.1) is 10.6 Å². The molecule has 0 spiro atoms. The Kier molecular flexibility index (Phi) is 7.54. The van der Waals surface area contributed by atoms with E-state index in [9.17, 15) is 9.18 Å². The number of benzene rings is 2. The monoisotopic (exact) mass is 570 g/mol. The minimum absolute atomic E-state index is 0.149. The molecule has 1 amide bonds. The van der Waals surface area contributed by atoms with Gasteiger partial charge < -0.3 is 9.80 Å². The van der Waals surface area contributed by atoms with Gasteiger partial charge in [0.2, 0.25) is 0 Å². The van der Waals surface area contributed by atoms with Crippen LogP contribution in [0.5, 0.6) is 0 Å². The lowest BCUT2D eigenvalue weighted by Gasteiger charge is -2.42. The fraction of sp³-hybridized carbons (Fsp3) is 0.379. The second-order valence-corrected chi connectivity index (χ2v) is 12.3. The lowest BCUT2D eigenvalue weighted by atomic mass is 9.90. The molecule has 3 aliphatic rings. The highest BCUT2D eigenvalue weighted by Crippen LogP contribution is 2.39. The number of fused-ring (bicyclic) bond motifs is 2. The third-order valence-corrected chi connectivity index (χ3v) is 9.49. The average Bonchev–Trinajstić information content (AvgIpc) is 3.18. The molecule has 6 rings (SSSR count). The van der Waals surface area contributed by atoms with E-state index >= 15 is 0 Å². The summed E-state index contributed by atoms with van der Waals surface area (Å²) < 4.78 is 15.9. The number of hydrogen-bond acceptors (Lipinski definition) is 5. The highest BCUT2D eigenvalue weighted by Gasteiger charge is 2.42. The number of piperazine rings is 1. The Balaban J connectivity index is 1.12. The Morgan fingerprint density at radius 3 is 2.32 bits per heavy atom. The van der Waals surface area contributed by atoms with E-state index in [2.05, 4.69) is 50.6 Å². The van der Waals surface area contributed by atoms with Crippen LogP contribution < -0.4 is 4.90 Å². The van der Waals surface area contributed by atoms with Crippen molar-refractivity contribution in [3.8, 4) is 0 Å². The molecule has 2 unspecified atom stereocenters. The van der Waals surface area contributed by atoms with E-state index in [1.54, 1.807) is 11.9 Å². The van der Waals surface area contributed by atoms with Crippen LogP contribution >= 0.6 is 35.1 Å². The van der Waals surface area contributed by atoms with E-state index in [0.717, 1.165) is 49.5 Å². The Morgan fingerprint density at radius 1 is 0.921 bits per heavy atom. The molecule has 4 heterocycles. The zero-order chi connectivity index (χ0) is 26.2. The van der Waals surface area contributed by atoms with E-state index < -0.39 is 5.82 Å². The number of likely N-dealkylation sites (tertiary alicyclic amines) is 1. The van der Waals surface area contributed by atoms with Crippen LogP contribution in [0.25, 0.3) is 0 Å². The zero-order valence-corrected chi connectivity index (χ0v) is 23.2. The van der Waals surface area contributed by atoms with Gasteiger partial charge in [-0.3, -0.25) is 4.79 Å². The third-order valence-electron chi connectivity index (χ3n) is 7.91. The third kappa shape index (κ3) is 5.39. The first kappa shape index (κ1) is 25.9. The number of piperidine rings is 1. The fourth-order valence-electron chi connectivity index (χ4n) is 6.08. The zero-order valence-electron chi connectivity index (χ0n) is 20.9. The predicted octanol–water partition coefficient (Wildman–Crippen LogP) is 6.91. The number of halogens is 3. The standard InChI is InChI=1S/C29H29Cl2FN4OS/c30-26-14-21(32)6-9-25(26)29(37)34-17-22-7-8-23(18-34)36(22)28-16-24(15-27(31)33-28)38-35-12-10-20(11-13-35)19-4-2-1-3-5-19/h1-6,9,14-16,20,22-23H,7-8,10-13,17-18H2. The first-order valence-corrected chi connectivity index (χ1v) is 14.7. The Morgan fingerprint density at radius 2 is 1.63 bits per heavy atom. The van der Waals surface area contributed by atoms with Gasteiger partial charge in [0, 0.05) is 43.2 Å². The number of aromatic nitrogens is 1. The summed E-state index contributed by atoms with van der Waals surface area (Å²) >= 11 is 14.5. The van der Waals surface area contributed by atoms with Crippen LogP contribution in [0.4, 0.5) is 10.2 Å². The lowest BCUT2D eigenvalue weighted by Crippen LogP contribution is -2.55. The minimum atomic E-state index is -0.447. The number of hydrogen-bond donors (Lipinski definition) is 0. The van der Waals surface area contributed by atoms with Crippen molar-refractivity contribution in [3.63, 3.8) is 0 Å². The van der Waals surface area contributed by atoms with Gasteiger partial charge in [-0.25, -0.2) is 13.7 Å².